The van der Waals surface area contributed by atoms with Crippen LogP contribution in [0.4, 0.5) is 10.2 Å². The lowest BCUT2D eigenvalue weighted by atomic mass is 10.2. The summed E-state index contributed by atoms with van der Waals surface area (Å²) in [6.45, 7) is 3.04. The van der Waals surface area contributed by atoms with Gasteiger partial charge in [0.2, 0.25) is 0 Å². The summed E-state index contributed by atoms with van der Waals surface area (Å²) in [4.78, 5) is 6.41. The van der Waals surface area contributed by atoms with E-state index in [1.807, 2.05) is 10.7 Å². The van der Waals surface area contributed by atoms with Crippen LogP contribution in [0.5, 0.6) is 0 Å². The molecule has 6 heteroatoms. The van der Waals surface area contributed by atoms with Crippen LogP contribution >= 0.6 is 0 Å². The maximum atomic E-state index is 13.1. The number of aromatic nitrogens is 3. The quantitative estimate of drug-likeness (QED) is 0.728. The summed E-state index contributed by atoms with van der Waals surface area (Å²) in [5.74, 6) is 0.664. The van der Waals surface area contributed by atoms with Gasteiger partial charge in [-0.05, 0) is 30.3 Å². The molecule has 4 rings (SSSR count). The highest BCUT2D eigenvalue weighted by Gasteiger charge is 2.19. The zero-order valence-corrected chi connectivity index (χ0v) is 11.9. The van der Waals surface area contributed by atoms with Crippen LogP contribution in [0.3, 0.4) is 0 Å². The molecule has 2 aromatic heterocycles. The fourth-order valence-corrected chi connectivity index (χ4v) is 2.73. The van der Waals surface area contributed by atoms with Crippen LogP contribution in [0.25, 0.3) is 16.6 Å². The van der Waals surface area contributed by atoms with E-state index in [1.54, 1.807) is 24.5 Å². The third-order valence-corrected chi connectivity index (χ3v) is 3.85. The van der Waals surface area contributed by atoms with Gasteiger partial charge in [0.25, 0.3) is 0 Å². The van der Waals surface area contributed by atoms with Crippen molar-refractivity contribution in [1.29, 1.82) is 0 Å². The van der Waals surface area contributed by atoms with E-state index in [2.05, 4.69) is 9.88 Å². The first kappa shape index (κ1) is 13.2. The summed E-state index contributed by atoms with van der Waals surface area (Å²) >= 11 is 0. The van der Waals surface area contributed by atoms with Crippen LogP contribution in [-0.4, -0.2) is 41.1 Å². The van der Waals surface area contributed by atoms with E-state index in [-0.39, 0.29) is 5.82 Å². The number of hydrogen-bond donors (Lipinski definition) is 0. The van der Waals surface area contributed by atoms with E-state index >= 15 is 0 Å². The summed E-state index contributed by atoms with van der Waals surface area (Å²) in [6.07, 6.45) is 3.55. The fourth-order valence-electron chi connectivity index (χ4n) is 2.73. The monoisotopic (exact) mass is 298 g/mol. The molecule has 22 heavy (non-hydrogen) atoms. The minimum atomic E-state index is -0.258. The molecule has 1 aliphatic rings. The predicted molar refractivity (Wildman–Crippen MR) is 81.9 cm³/mol. The van der Waals surface area contributed by atoms with E-state index in [9.17, 15) is 4.39 Å². The highest BCUT2D eigenvalue weighted by Crippen LogP contribution is 2.28. The van der Waals surface area contributed by atoms with Crippen molar-refractivity contribution in [2.24, 2.45) is 0 Å². The van der Waals surface area contributed by atoms with E-state index in [0.29, 0.717) is 13.2 Å². The molecule has 0 amide bonds. The first-order valence-corrected chi connectivity index (χ1v) is 7.24. The number of ether oxygens (including phenoxy) is 1. The molecule has 3 aromatic rings. The summed E-state index contributed by atoms with van der Waals surface area (Å²) in [7, 11) is 0. The Labute approximate surface area is 126 Å². The van der Waals surface area contributed by atoms with Crippen molar-refractivity contribution in [2.45, 2.75) is 0 Å². The Bertz CT molecular complexity index is 794. The highest BCUT2D eigenvalue weighted by atomic mass is 19.1. The summed E-state index contributed by atoms with van der Waals surface area (Å²) in [6, 6.07) is 8.28. The van der Waals surface area contributed by atoms with Gasteiger partial charge in [0.15, 0.2) is 5.82 Å². The van der Waals surface area contributed by atoms with Crippen molar-refractivity contribution >= 4 is 16.7 Å². The lowest BCUT2D eigenvalue weighted by molar-refractivity contribution is 0.122. The van der Waals surface area contributed by atoms with Crippen LogP contribution in [0.15, 0.2) is 42.7 Å². The molecule has 0 N–H and O–H groups in total. The molecule has 0 radical (unpaired) electrons. The van der Waals surface area contributed by atoms with Gasteiger partial charge in [-0.1, -0.05) is 0 Å². The second-order valence-electron chi connectivity index (χ2n) is 5.20. The number of fused-ring (bicyclic) bond motifs is 1. The smallest absolute Gasteiger partial charge is 0.159 e. The average Bonchev–Trinajstić information content (AvgIpc) is 2.96. The molecule has 0 atom stereocenters. The number of nitrogens with zero attached hydrogens (tertiary/aromatic N) is 4. The third-order valence-electron chi connectivity index (χ3n) is 3.85. The molecule has 0 saturated carbocycles. The summed E-state index contributed by atoms with van der Waals surface area (Å²) < 4.78 is 20.4. The maximum Gasteiger partial charge on any atom is 0.159 e. The predicted octanol–water partition coefficient (Wildman–Crippen LogP) is 2.40. The van der Waals surface area contributed by atoms with Gasteiger partial charge < -0.3 is 9.64 Å². The van der Waals surface area contributed by atoms with Crippen molar-refractivity contribution in [3.63, 3.8) is 0 Å². The number of anilines is 1. The molecule has 5 nitrogen and oxygen atoms in total. The van der Waals surface area contributed by atoms with E-state index in [1.165, 1.54) is 12.1 Å². The van der Waals surface area contributed by atoms with E-state index in [0.717, 1.165) is 35.5 Å². The van der Waals surface area contributed by atoms with E-state index < -0.39 is 0 Å². The molecule has 1 saturated heterocycles. The van der Waals surface area contributed by atoms with Crippen LogP contribution < -0.4 is 4.90 Å². The van der Waals surface area contributed by atoms with Gasteiger partial charge in [0, 0.05) is 24.7 Å². The van der Waals surface area contributed by atoms with Gasteiger partial charge in [0.05, 0.1) is 30.6 Å². The molecule has 0 bridgehead atoms. The van der Waals surface area contributed by atoms with Gasteiger partial charge >= 0.3 is 0 Å². The number of pyridine rings is 1. The largest absolute Gasteiger partial charge is 0.378 e. The second kappa shape index (κ2) is 5.38. The van der Waals surface area contributed by atoms with Gasteiger partial charge in [-0.3, -0.25) is 4.98 Å². The molecule has 112 valence electrons. The first-order chi connectivity index (χ1) is 10.8. The Hall–Kier alpha value is -2.47. The van der Waals surface area contributed by atoms with Crippen molar-refractivity contribution in [2.75, 3.05) is 31.2 Å². The average molecular weight is 298 g/mol. The molecule has 0 aliphatic carbocycles. The number of morpholine rings is 1. The fraction of sp³-hybridized carbons (Fsp3) is 0.250. The van der Waals surface area contributed by atoms with Gasteiger partial charge in [-0.2, -0.15) is 0 Å². The SMILES string of the molecule is Fc1ccc(-n2nc(N3CCOCC3)c3ccncc32)cc1. The van der Waals surface area contributed by atoms with Crippen LogP contribution in [-0.2, 0) is 4.74 Å². The van der Waals surface area contributed by atoms with Crippen molar-refractivity contribution < 1.29 is 9.13 Å². The minimum absolute atomic E-state index is 0.258. The molecular formula is C16H15FN4O. The summed E-state index contributed by atoms with van der Waals surface area (Å²) in [5.41, 5.74) is 1.73. The summed E-state index contributed by atoms with van der Waals surface area (Å²) in [5, 5.41) is 5.78. The molecule has 1 fully saturated rings. The zero-order valence-electron chi connectivity index (χ0n) is 11.9. The number of benzene rings is 1. The van der Waals surface area contributed by atoms with Crippen molar-refractivity contribution in [3.05, 3.63) is 48.5 Å². The Morgan fingerprint density at radius 2 is 1.82 bits per heavy atom. The molecule has 1 aromatic carbocycles. The van der Waals surface area contributed by atoms with Crippen LogP contribution in [0, 0.1) is 5.82 Å². The van der Waals surface area contributed by atoms with Crippen molar-refractivity contribution in [1.82, 2.24) is 14.8 Å². The van der Waals surface area contributed by atoms with Gasteiger partial charge in [0.1, 0.15) is 5.82 Å². The topological polar surface area (TPSA) is 43.2 Å². The number of hydrogen-bond acceptors (Lipinski definition) is 4. The minimum Gasteiger partial charge on any atom is -0.378 e. The Morgan fingerprint density at radius 3 is 2.59 bits per heavy atom. The third kappa shape index (κ3) is 2.21. The standard InChI is InChI=1S/C16H15FN4O/c17-12-1-3-13(4-2-12)21-15-11-18-6-5-14(15)16(19-21)20-7-9-22-10-8-20/h1-6,11H,7-10H2. The molecular weight excluding hydrogens is 283 g/mol. The number of halogens is 1. The van der Waals surface area contributed by atoms with Crippen LogP contribution in [0.1, 0.15) is 0 Å². The molecule has 0 spiro atoms. The maximum absolute atomic E-state index is 13.1. The lowest BCUT2D eigenvalue weighted by Crippen LogP contribution is -2.36. The second-order valence-corrected chi connectivity index (χ2v) is 5.20. The normalized spacial score (nSPS) is 15.4. The lowest BCUT2D eigenvalue weighted by Gasteiger charge is -2.26. The first-order valence-electron chi connectivity index (χ1n) is 7.24. The van der Waals surface area contributed by atoms with Crippen LogP contribution in [0.2, 0.25) is 0 Å². The Morgan fingerprint density at radius 1 is 1.05 bits per heavy atom. The zero-order chi connectivity index (χ0) is 14.9. The van der Waals surface area contributed by atoms with Gasteiger partial charge in [-0.25, -0.2) is 9.07 Å². The molecule has 1 aliphatic heterocycles. The number of rotatable bonds is 2. The van der Waals surface area contributed by atoms with E-state index in [4.69, 9.17) is 9.84 Å². The molecule has 0 unspecified atom stereocenters. The van der Waals surface area contributed by atoms with Crippen molar-refractivity contribution in [3.8, 4) is 5.69 Å². The Kier molecular flexibility index (Phi) is 3.23. The molecule has 3 heterocycles. The Balaban J connectivity index is 1.86. The van der Waals surface area contributed by atoms with Gasteiger partial charge in [-0.15, -0.1) is 5.10 Å². The highest BCUT2D eigenvalue weighted by molar-refractivity contribution is 5.91.